The molecule has 1 saturated heterocycles. The van der Waals surface area contributed by atoms with Gasteiger partial charge in [-0.3, -0.25) is 10.2 Å². The first-order chi connectivity index (χ1) is 12.9. The van der Waals surface area contributed by atoms with E-state index in [2.05, 4.69) is 0 Å². The van der Waals surface area contributed by atoms with E-state index in [1.807, 2.05) is 0 Å². The van der Waals surface area contributed by atoms with Crippen molar-refractivity contribution in [3.63, 3.8) is 0 Å². The Balaban J connectivity index is 1.58. The SMILES string of the molecule is N=C(N)c1ccc(CC(=O)N2CCN(S(=O)(=O)c3ccccc3)CC2)cc1. The lowest BCUT2D eigenvalue weighted by molar-refractivity contribution is -0.131. The Hall–Kier alpha value is -2.71. The van der Waals surface area contributed by atoms with Gasteiger partial charge >= 0.3 is 0 Å². The summed E-state index contributed by atoms with van der Waals surface area (Å²) < 4.78 is 26.7. The monoisotopic (exact) mass is 386 g/mol. The maximum atomic E-state index is 12.6. The van der Waals surface area contributed by atoms with Crippen molar-refractivity contribution in [2.75, 3.05) is 26.2 Å². The minimum Gasteiger partial charge on any atom is -0.384 e. The fourth-order valence-electron chi connectivity index (χ4n) is 3.01. The molecule has 0 aromatic heterocycles. The van der Waals surface area contributed by atoms with E-state index in [1.165, 1.54) is 4.31 Å². The molecule has 1 fully saturated rings. The molecule has 7 nitrogen and oxygen atoms in total. The van der Waals surface area contributed by atoms with Gasteiger partial charge in [0.1, 0.15) is 5.84 Å². The predicted molar refractivity (Wildman–Crippen MR) is 103 cm³/mol. The van der Waals surface area contributed by atoms with Crippen molar-refractivity contribution in [3.8, 4) is 0 Å². The van der Waals surface area contributed by atoms with Crippen molar-refractivity contribution in [2.24, 2.45) is 5.73 Å². The van der Waals surface area contributed by atoms with Crippen LogP contribution in [0.5, 0.6) is 0 Å². The van der Waals surface area contributed by atoms with Crippen molar-refractivity contribution in [1.29, 1.82) is 5.41 Å². The molecule has 3 rings (SSSR count). The molecule has 1 heterocycles. The zero-order valence-corrected chi connectivity index (χ0v) is 15.7. The largest absolute Gasteiger partial charge is 0.384 e. The molecule has 0 aliphatic carbocycles. The first kappa shape index (κ1) is 19.1. The summed E-state index contributed by atoms with van der Waals surface area (Å²) in [5.74, 6) is -0.0500. The minimum absolute atomic E-state index is 0.0105. The van der Waals surface area contributed by atoms with Crippen LogP contribution in [0.4, 0.5) is 0 Å². The topological polar surface area (TPSA) is 108 Å². The van der Waals surface area contributed by atoms with Gasteiger partial charge in [-0.1, -0.05) is 42.5 Å². The zero-order chi connectivity index (χ0) is 19.4. The maximum absolute atomic E-state index is 12.6. The van der Waals surface area contributed by atoms with Crippen molar-refractivity contribution < 1.29 is 13.2 Å². The summed E-state index contributed by atoms with van der Waals surface area (Å²) in [5.41, 5.74) is 6.88. The number of nitrogens with two attached hydrogens (primary N) is 1. The molecule has 1 aliphatic heterocycles. The molecule has 3 N–H and O–H groups in total. The molecule has 8 heteroatoms. The number of rotatable bonds is 5. The zero-order valence-electron chi connectivity index (χ0n) is 14.8. The number of amidine groups is 1. The molecule has 0 saturated carbocycles. The van der Waals surface area contributed by atoms with E-state index < -0.39 is 10.0 Å². The maximum Gasteiger partial charge on any atom is 0.243 e. The van der Waals surface area contributed by atoms with E-state index in [-0.39, 0.29) is 36.1 Å². The van der Waals surface area contributed by atoms with Gasteiger partial charge in [0.15, 0.2) is 0 Å². The van der Waals surface area contributed by atoms with Crippen LogP contribution in [0.25, 0.3) is 0 Å². The second-order valence-electron chi connectivity index (χ2n) is 6.39. The van der Waals surface area contributed by atoms with Gasteiger partial charge in [0.25, 0.3) is 0 Å². The van der Waals surface area contributed by atoms with Gasteiger partial charge in [0, 0.05) is 31.7 Å². The second-order valence-corrected chi connectivity index (χ2v) is 8.32. The number of hydrogen-bond donors (Lipinski definition) is 2. The summed E-state index contributed by atoms with van der Waals surface area (Å²) in [7, 11) is -3.52. The van der Waals surface area contributed by atoms with Crippen LogP contribution in [-0.4, -0.2) is 55.5 Å². The molecule has 0 bridgehead atoms. The predicted octanol–water partition coefficient (Wildman–Crippen LogP) is 1.05. The number of nitrogen functional groups attached to an aromatic ring is 1. The highest BCUT2D eigenvalue weighted by molar-refractivity contribution is 7.89. The number of benzene rings is 2. The molecule has 0 spiro atoms. The number of hydrogen-bond acceptors (Lipinski definition) is 4. The lowest BCUT2D eigenvalue weighted by atomic mass is 10.1. The molecule has 0 radical (unpaired) electrons. The molecule has 0 atom stereocenters. The standard InChI is InChI=1S/C19H22N4O3S/c20-19(21)16-8-6-15(7-9-16)14-18(24)22-10-12-23(13-11-22)27(25,26)17-4-2-1-3-5-17/h1-9H,10-14H2,(H3,20,21). The summed E-state index contributed by atoms with van der Waals surface area (Å²) in [4.78, 5) is 14.5. The summed E-state index contributed by atoms with van der Waals surface area (Å²) >= 11 is 0. The first-order valence-electron chi connectivity index (χ1n) is 8.64. The highest BCUT2D eigenvalue weighted by atomic mass is 32.2. The minimum atomic E-state index is -3.52. The summed E-state index contributed by atoms with van der Waals surface area (Å²) in [5, 5.41) is 7.39. The molecular weight excluding hydrogens is 364 g/mol. The van der Waals surface area contributed by atoms with E-state index >= 15 is 0 Å². The smallest absolute Gasteiger partial charge is 0.243 e. The van der Waals surface area contributed by atoms with E-state index in [9.17, 15) is 13.2 Å². The van der Waals surface area contributed by atoms with E-state index in [0.29, 0.717) is 18.7 Å². The quantitative estimate of drug-likeness (QED) is 0.591. The highest BCUT2D eigenvalue weighted by Crippen LogP contribution is 2.17. The number of nitrogens with zero attached hydrogens (tertiary/aromatic N) is 2. The van der Waals surface area contributed by atoms with Gasteiger partial charge in [-0.2, -0.15) is 4.31 Å². The van der Waals surface area contributed by atoms with Crippen LogP contribution in [-0.2, 0) is 21.2 Å². The summed E-state index contributed by atoms with van der Waals surface area (Å²) in [6.07, 6.45) is 0.240. The molecule has 1 amide bonds. The average Bonchev–Trinajstić information content (AvgIpc) is 2.69. The van der Waals surface area contributed by atoms with Gasteiger partial charge in [-0.25, -0.2) is 8.42 Å². The van der Waals surface area contributed by atoms with Crippen LogP contribution in [0.1, 0.15) is 11.1 Å². The second kappa shape index (κ2) is 7.89. The first-order valence-corrected chi connectivity index (χ1v) is 10.1. The summed E-state index contributed by atoms with van der Waals surface area (Å²) in [6, 6.07) is 15.3. The van der Waals surface area contributed by atoms with Crippen molar-refractivity contribution >= 4 is 21.8 Å². The van der Waals surface area contributed by atoms with Crippen LogP contribution in [0.3, 0.4) is 0 Å². The lowest BCUT2D eigenvalue weighted by Crippen LogP contribution is -2.50. The van der Waals surface area contributed by atoms with Gasteiger partial charge in [0.2, 0.25) is 15.9 Å². The van der Waals surface area contributed by atoms with Gasteiger partial charge in [-0.15, -0.1) is 0 Å². The highest BCUT2D eigenvalue weighted by Gasteiger charge is 2.29. The van der Waals surface area contributed by atoms with E-state index in [0.717, 1.165) is 5.56 Å². The molecule has 2 aromatic carbocycles. The van der Waals surface area contributed by atoms with Gasteiger partial charge in [0.05, 0.1) is 11.3 Å². The molecule has 2 aromatic rings. The Morgan fingerprint density at radius 2 is 1.56 bits per heavy atom. The molecule has 142 valence electrons. The Morgan fingerprint density at radius 3 is 2.11 bits per heavy atom. The van der Waals surface area contributed by atoms with Gasteiger partial charge in [-0.05, 0) is 17.7 Å². The Kier molecular flexibility index (Phi) is 5.57. The number of piperazine rings is 1. The third-order valence-corrected chi connectivity index (χ3v) is 6.51. The Labute approximate surface area is 159 Å². The van der Waals surface area contributed by atoms with E-state index in [4.69, 9.17) is 11.1 Å². The molecular formula is C19H22N4O3S. The van der Waals surface area contributed by atoms with Crippen LogP contribution in [0.2, 0.25) is 0 Å². The third-order valence-electron chi connectivity index (χ3n) is 4.59. The number of carbonyl (C=O) groups excluding carboxylic acids is 1. The van der Waals surface area contributed by atoms with Crippen molar-refractivity contribution in [3.05, 3.63) is 65.7 Å². The number of amides is 1. The fraction of sp³-hybridized carbons (Fsp3) is 0.263. The number of nitrogens with one attached hydrogen (secondary N) is 1. The van der Waals surface area contributed by atoms with Crippen LogP contribution in [0, 0.1) is 5.41 Å². The number of sulfonamides is 1. The normalized spacial score (nSPS) is 15.5. The van der Waals surface area contributed by atoms with Crippen LogP contribution in [0.15, 0.2) is 59.5 Å². The Bertz CT molecular complexity index is 919. The van der Waals surface area contributed by atoms with E-state index in [1.54, 1.807) is 59.5 Å². The lowest BCUT2D eigenvalue weighted by Gasteiger charge is -2.34. The number of carbonyl (C=O) groups is 1. The van der Waals surface area contributed by atoms with Gasteiger partial charge < -0.3 is 10.6 Å². The molecule has 27 heavy (non-hydrogen) atoms. The molecule has 1 aliphatic rings. The third kappa shape index (κ3) is 4.35. The van der Waals surface area contributed by atoms with Crippen LogP contribution >= 0.6 is 0 Å². The average molecular weight is 386 g/mol. The van der Waals surface area contributed by atoms with Crippen molar-refractivity contribution in [1.82, 2.24) is 9.21 Å². The van der Waals surface area contributed by atoms with Crippen LogP contribution < -0.4 is 5.73 Å². The Morgan fingerprint density at radius 1 is 0.963 bits per heavy atom. The van der Waals surface area contributed by atoms with Crippen molar-refractivity contribution in [2.45, 2.75) is 11.3 Å². The fourth-order valence-corrected chi connectivity index (χ4v) is 4.45. The molecule has 0 unspecified atom stereocenters. The summed E-state index contributed by atoms with van der Waals surface area (Å²) in [6.45, 7) is 1.31.